The fourth-order valence-corrected chi connectivity index (χ4v) is 2.02. The molecule has 1 unspecified atom stereocenters. The molecule has 3 heterocycles. The zero-order valence-electron chi connectivity index (χ0n) is 9.18. The van der Waals surface area contributed by atoms with E-state index in [1.54, 1.807) is 6.33 Å². The molecular weight excluding hydrogens is 204 g/mol. The molecule has 1 saturated heterocycles. The molecule has 2 aromatic heterocycles. The maximum atomic E-state index is 5.35. The van der Waals surface area contributed by atoms with Gasteiger partial charge < -0.3 is 10.1 Å². The molecule has 1 N–H and O–H groups in total. The van der Waals surface area contributed by atoms with E-state index in [1.165, 1.54) is 5.56 Å². The largest absolute Gasteiger partial charge is 0.379 e. The molecule has 1 fully saturated rings. The van der Waals surface area contributed by atoms with Crippen molar-refractivity contribution in [2.45, 2.75) is 19.4 Å². The molecule has 1 aliphatic rings. The SMILES string of the molecule is Cc1cc(NC2CCOC2)n2ncnc2c1. The number of aromatic nitrogens is 3. The number of aryl methyl sites for hydroxylation is 1. The minimum atomic E-state index is 0.384. The molecule has 0 aromatic carbocycles. The number of pyridine rings is 1. The predicted molar refractivity (Wildman–Crippen MR) is 60.6 cm³/mol. The summed E-state index contributed by atoms with van der Waals surface area (Å²) in [5.74, 6) is 0.989. The summed E-state index contributed by atoms with van der Waals surface area (Å²) in [5.41, 5.74) is 2.06. The number of hydrogen-bond acceptors (Lipinski definition) is 4. The van der Waals surface area contributed by atoms with Gasteiger partial charge in [-0.25, -0.2) is 4.98 Å². The Hall–Kier alpha value is -1.62. The highest BCUT2D eigenvalue weighted by Crippen LogP contribution is 2.16. The number of hydrogen-bond donors (Lipinski definition) is 1. The third kappa shape index (κ3) is 1.63. The number of ether oxygens (including phenoxy) is 1. The molecule has 5 nitrogen and oxygen atoms in total. The van der Waals surface area contributed by atoms with Gasteiger partial charge in [0.15, 0.2) is 5.65 Å². The van der Waals surface area contributed by atoms with Crippen molar-refractivity contribution in [3.05, 3.63) is 24.0 Å². The Labute approximate surface area is 93.4 Å². The van der Waals surface area contributed by atoms with Gasteiger partial charge in [0.1, 0.15) is 12.1 Å². The summed E-state index contributed by atoms with van der Waals surface area (Å²) in [5, 5.41) is 7.65. The number of nitrogens with one attached hydrogen (secondary N) is 1. The number of nitrogens with zero attached hydrogens (tertiary/aromatic N) is 3. The number of anilines is 1. The Morgan fingerprint density at radius 1 is 1.50 bits per heavy atom. The first kappa shape index (κ1) is 9.59. The van der Waals surface area contributed by atoms with E-state index < -0.39 is 0 Å². The van der Waals surface area contributed by atoms with Gasteiger partial charge in [-0.05, 0) is 31.0 Å². The van der Waals surface area contributed by atoms with Gasteiger partial charge in [-0.1, -0.05) is 0 Å². The summed E-state index contributed by atoms with van der Waals surface area (Å²) >= 11 is 0. The highest BCUT2D eigenvalue weighted by atomic mass is 16.5. The first-order valence-electron chi connectivity index (χ1n) is 5.47. The van der Waals surface area contributed by atoms with E-state index in [9.17, 15) is 0 Å². The Kier molecular flexibility index (Phi) is 2.25. The van der Waals surface area contributed by atoms with Crippen molar-refractivity contribution in [1.29, 1.82) is 0 Å². The van der Waals surface area contributed by atoms with E-state index in [4.69, 9.17) is 4.74 Å². The number of rotatable bonds is 2. The standard InChI is InChI=1S/C11H14N4O/c1-8-4-10-12-7-13-15(10)11(5-8)14-9-2-3-16-6-9/h4-5,7,9,14H,2-3,6H2,1H3. The highest BCUT2D eigenvalue weighted by molar-refractivity contribution is 5.51. The van der Waals surface area contributed by atoms with Crippen LogP contribution in [0, 0.1) is 6.92 Å². The maximum absolute atomic E-state index is 5.35. The second kappa shape index (κ2) is 3.75. The molecule has 5 heteroatoms. The van der Waals surface area contributed by atoms with Crippen LogP contribution in [0.3, 0.4) is 0 Å². The van der Waals surface area contributed by atoms with E-state index in [-0.39, 0.29) is 0 Å². The van der Waals surface area contributed by atoms with Gasteiger partial charge in [0.2, 0.25) is 0 Å². The average Bonchev–Trinajstić information content (AvgIpc) is 2.87. The van der Waals surface area contributed by atoms with Crippen molar-refractivity contribution in [3.63, 3.8) is 0 Å². The summed E-state index contributed by atoms with van der Waals surface area (Å²) in [6.07, 6.45) is 2.62. The van der Waals surface area contributed by atoms with Gasteiger partial charge in [0, 0.05) is 6.61 Å². The molecule has 0 aliphatic carbocycles. The van der Waals surface area contributed by atoms with E-state index in [1.807, 2.05) is 10.6 Å². The van der Waals surface area contributed by atoms with Crippen LogP contribution in [-0.4, -0.2) is 33.9 Å². The molecule has 1 aliphatic heterocycles. The Bertz CT molecular complexity index is 502. The fourth-order valence-electron chi connectivity index (χ4n) is 2.02. The quantitative estimate of drug-likeness (QED) is 0.824. The fraction of sp³-hybridized carbons (Fsp3) is 0.455. The number of fused-ring (bicyclic) bond motifs is 1. The van der Waals surface area contributed by atoms with Crippen LogP contribution >= 0.6 is 0 Å². The van der Waals surface area contributed by atoms with Crippen LogP contribution in [0.2, 0.25) is 0 Å². The summed E-state index contributed by atoms with van der Waals surface area (Å²) in [6.45, 7) is 3.67. The zero-order chi connectivity index (χ0) is 11.0. The van der Waals surface area contributed by atoms with Crippen LogP contribution in [-0.2, 0) is 4.74 Å². The lowest BCUT2D eigenvalue weighted by Gasteiger charge is -2.13. The van der Waals surface area contributed by atoms with Crippen LogP contribution in [0.25, 0.3) is 5.65 Å². The van der Waals surface area contributed by atoms with Gasteiger partial charge >= 0.3 is 0 Å². The molecule has 3 rings (SSSR count). The molecule has 0 bridgehead atoms. The lowest BCUT2D eigenvalue weighted by Crippen LogP contribution is -2.21. The van der Waals surface area contributed by atoms with Crippen LogP contribution in [0.1, 0.15) is 12.0 Å². The molecule has 0 radical (unpaired) electrons. The van der Waals surface area contributed by atoms with Gasteiger partial charge in [-0.3, -0.25) is 0 Å². The van der Waals surface area contributed by atoms with Crippen molar-refractivity contribution in [2.75, 3.05) is 18.5 Å². The molecule has 16 heavy (non-hydrogen) atoms. The monoisotopic (exact) mass is 218 g/mol. The Balaban J connectivity index is 1.97. The van der Waals surface area contributed by atoms with Gasteiger partial charge in [-0.15, -0.1) is 0 Å². The second-order valence-corrected chi connectivity index (χ2v) is 4.15. The van der Waals surface area contributed by atoms with Crippen LogP contribution in [0.15, 0.2) is 18.5 Å². The van der Waals surface area contributed by atoms with Crippen LogP contribution in [0.5, 0.6) is 0 Å². The topological polar surface area (TPSA) is 51.5 Å². The van der Waals surface area contributed by atoms with E-state index in [0.29, 0.717) is 6.04 Å². The minimum Gasteiger partial charge on any atom is -0.379 e. The van der Waals surface area contributed by atoms with Crippen molar-refractivity contribution >= 4 is 11.5 Å². The summed E-state index contributed by atoms with van der Waals surface area (Å²) in [7, 11) is 0. The van der Waals surface area contributed by atoms with Crippen molar-refractivity contribution in [3.8, 4) is 0 Å². The minimum absolute atomic E-state index is 0.384. The summed E-state index contributed by atoms with van der Waals surface area (Å²) in [4.78, 5) is 4.20. The lowest BCUT2D eigenvalue weighted by atomic mass is 10.2. The first-order valence-corrected chi connectivity index (χ1v) is 5.47. The molecule has 1 atom stereocenters. The predicted octanol–water partition coefficient (Wildman–Crippen LogP) is 1.24. The summed E-state index contributed by atoms with van der Waals surface area (Å²) < 4.78 is 7.17. The second-order valence-electron chi connectivity index (χ2n) is 4.15. The third-order valence-electron chi connectivity index (χ3n) is 2.81. The summed E-state index contributed by atoms with van der Waals surface area (Å²) in [6, 6.07) is 4.48. The van der Waals surface area contributed by atoms with Gasteiger partial charge in [-0.2, -0.15) is 9.61 Å². The van der Waals surface area contributed by atoms with Crippen LogP contribution in [0.4, 0.5) is 5.82 Å². The first-order chi connectivity index (χ1) is 7.83. The Morgan fingerprint density at radius 2 is 2.44 bits per heavy atom. The molecule has 2 aromatic rings. The van der Waals surface area contributed by atoms with Crippen molar-refractivity contribution in [2.24, 2.45) is 0 Å². The van der Waals surface area contributed by atoms with E-state index in [0.717, 1.165) is 31.1 Å². The van der Waals surface area contributed by atoms with Crippen molar-refractivity contribution < 1.29 is 4.74 Å². The van der Waals surface area contributed by atoms with Crippen LogP contribution < -0.4 is 5.32 Å². The Morgan fingerprint density at radius 3 is 3.25 bits per heavy atom. The zero-order valence-corrected chi connectivity index (χ0v) is 9.18. The molecule has 0 saturated carbocycles. The van der Waals surface area contributed by atoms with Crippen molar-refractivity contribution in [1.82, 2.24) is 14.6 Å². The van der Waals surface area contributed by atoms with E-state index in [2.05, 4.69) is 28.4 Å². The lowest BCUT2D eigenvalue weighted by molar-refractivity contribution is 0.195. The van der Waals surface area contributed by atoms with Gasteiger partial charge in [0.05, 0.1) is 12.6 Å². The van der Waals surface area contributed by atoms with E-state index >= 15 is 0 Å². The highest BCUT2D eigenvalue weighted by Gasteiger charge is 2.16. The third-order valence-corrected chi connectivity index (χ3v) is 2.81. The van der Waals surface area contributed by atoms with Gasteiger partial charge in [0.25, 0.3) is 0 Å². The smallest absolute Gasteiger partial charge is 0.157 e. The molecular formula is C11H14N4O. The maximum Gasteiger partial charge on any atom is 0.157 e. The molecule has 0 amide bonds. The average molecular weight is 218 g/mol. The molecule has 0 spiro atoms. The normalized spacial score (nSPS) is 20.4. The molecule has 84 valence electrons.